The molecule has 152 valence electrons. The third-order valence-electron chi connectivity index (χ3n) is 4.18. The van der Waals surface area contributed by atoms with Crippen molar-refractivity contribution in [3.05, 3.63) is 47.3 Å². The fourth-order valence-corrected chi connectivity index (χ4v) is 2.73. The molecule has 0 bridgehead atoms. The lowest BCUT2D eigenvalue weighted by Crippen LogP contribution is -2.27. The van der Waals surface area contributed by atoms with E-state index in [1.54, 1.807) is 12.1 Å². The lowest BCUT2D eigenvalue weighted by atomic mass is 10.1. The number of carbonyl (C=O) groups is 1. The molecule has 9 heteroatoms. The number of hydrogen-bond donors (Lipinski definition) is 2. The van der Waals surface area contributed by atoms with Crippen molar-refractivity contribution in [3.63, 3.8) is 0 Å². The van der Waals surface area contributed by atoms with Crippen molar-refractivity contribution in [1.29, 1.82) is 0 Å². The Morgan fingerprint density at radius 1 is 1.29 bits per heavy atom. The number of methoxy groups -OCH3 is 1. The lowest BCUT2D eigenvalue weighted by molar-refractivity contribution is -0.0499. The molecule has 0 saturated carbocycles. The summed E-state index contributed by atoms with van der Waals surface area (Å²) in [5.74, 6) is -1.53. The van der Waals surface area contributed by atoms with Gasteiger partial charge in [-0.25, -0.2) is 4.39 Å². The van der Waals surface area contributed by atoms with Crippen LogP contribution in [0.15, 0.2) is 30.3 Å². The van der Waals surface area contributed by atoms with E-state index < -0.39 is 18.3 Å². The van der Waals surface area contributed by atoms with E-state index in [1.165, 1.54) is 7.11 Å². The summed E-state index contributed by atoms with van der Waals surface area (Å²) in [7, 11) is 3.34. The Morgan fingerprint density at radius 3 is 2.57 bits per heavy atom. The summed E-state index contributed by atoms with van der Waals surface area (Å²) in [6.45, 7) is -0.441. The van der Waals surface area contributed by atoms with Crippen LogP contribution >= 0.6 is 0 Å². The van der Waals surface area contributed by atoms with Crippen LogP contribution in [0.1, 0.15) is 22.8 Å². The number of nitrogens with two attached hydrogens (primary N) is 1. The first kappa shape index (κ1) is 21.2. The van der Waals surface area contributed by atoms with E-state index >= 15 is 0 Å². The van der Waals surface area contributed by atoms with Crippen LogP contribution in [-0.4, -0.2) is 33.2 Å². The van der Waals surface area contributed by atoms with Crippen LogP contribution in [0.3, 0.4) is 0 Å². The van der Waals surface area contributed by atoms with Crippen molar-refractivity contribution in [2.24, 2.45) is 0 Å². The van der Waals surface area contributed by atoms with Crippen molar-refractivity contribution in [2.75, 3.05) is 31.3 Å². The van der Waals surface area contributed by atoms with Crippen molar-refractivity contribution in [2.45, 2.75) is 20.1 Å². The first-order valence-corrected chi connectivity index (χ1v) is 8.47. The third-order valence-corrected chi connectivity index (χ3v) is 4.18. The van der Waals surface area contributed by atoms with E-state index in [0.29, 0.717) is 29.2 Å². The number of carbonyl (C=O) groups excluding carboxylic acids is 1. The van der Waals surface area contributed by atoms with Crippen molar-refractivity contribution in [3.8, 4) is 11.5 Å². The van der Waals surface area contributed by atoms with Gasteiger partial charge in [0.1, 0.15) is 17.3 Å². The van der Waals surface area contributed by atoms with Crippen LogP contribution < -0.4 is 25.4 Å². The molecule has 0 unspecified atom stereocenters. The molecule has 2 aromatic rings. The van der Waals surface area contributed by atoms with Crippen molar-refractivity contribution < 1.29 is 27.4 Å². The van der Waals surface area contributed by atoms with Gasteiger partial charge in [0.15, 0.2) is 0 Å². The van der Waals surface area contributed by atoms with Crippen LogP contribution in [0, 0.1) is 5.82 Å². The Labute approximate surface area is 161 Å². The molecule has 0 saturated heterocycles. The fraction of sp³-hybridized carbons (Fsp3) is 0.316. The van der Waals surface area contributed by atoms with Gasteiger partial charge < -0.3 is 25.4 Å². The normalized spacial score (nSPS) is 10.7. The predicted molar refractivity (Wildman–Crippen MR) is 101 cm³/mol. The van der Waals surface area contributed by atoms with Gasteiger partial charge >= 0.3 is 6.61 Å². The maximum atomic E-state index is 14.1. The lowest BCUT2D eigenvalue weighted by Gasteiger charge is -2.24. The molecule has 0 radical (unpaired) electrons. The molecule has 0 fully saturated rings. The fourth-order valence-electron chi connectivity index (χ4n) is 2.73. The molecule has 6 nitrogen and oxygen atoms in total. The average molecular weight is 397 g/mol. The van der Waals surface area contributed by atoms with E-state index in [4.69, 9.17) is 10.5 Å². The molecule has 0 spiro atoms. The number of nitrogens with one attached hydrogen (secondary N) is 1. The maximum Gasteiger partial charge on any atom is 0.387 e. The topological polar surface area (TPSA) is 76.8 Å². The number of ether oxygens (including phenoxy) is 2. The minimum absolute atomic E-state index is 0.0292. The smallest absolute Gasteiger partial charge is 0.387 e. The standard InChI is InChI=1S/C19H22F3N3O3/c1-4-25(2)17-13(16(27-3)8-7-15(17)23)10-24-18(26)12-6-5-11(9-14(12)20)28-19(21)22/h5-9,19H,4,10,23H2,1-3H3,(H,24,26). The quantitative estimate of drug-likeness (QED) is 0.668. The number of nitrogen functional groups attached to an aromatic ring is 1. The first-order valence-electron chi connectivity index (χ1n) is 8.47. The van der Waals surface area contributed by atoms with Crippen molar-refractivity contribution >= 4 is 17.3 Å². The van der Waals surface area contributed by atoms with Gasteiger partial charge in [0.2, 0.25) is 0 Å². The number of amides is 1. The molecular weight excluding hydrogens is 375 g/mol. The van der Waals surface area contributed by atoms with Crippen LogP contribution in [0.2, 0.25) is 0 Å². The van der Waals surface area contributed by atoms with Gasteiger partial charge in [0, 0.05) is 31.8 Å². The number of hydrogen-bond acceptors (Lipinski definition) is 5. The first-order chi connectivity index (χ1) is 13.3. The number of halogens is 3. The largest absolute Gasteiger partial charge is 0.496 e. The highest BCUT2D eigenvalue weighted by molar-refractivity contribution is 5.94. The second-order valence-electron chi connectivity index (χ2n) is 5.90. The number of anilines is 2. The zero-order valence-corrected chi connectivity index (χ0v) is 15.8. The molecule has 0 aromatic heterocycles. The Balaban J connectivity index is 2.24. The minimum atomic E-state index is -3.08. The van der Waals surface area contributed by atoms with E-state index in [1.807, 2.05) is 18.9 Å². The zero-order chi connectivity index (χ0) is 20.8. The Kier molecular flexibility index (Phi) is 6.97. The number of rotatable bonds is 8. The molecule has 3 N–H and O–H groups in total. The Bertz CT molecular complexity index is 847. The molecule has 1 amide bonds. The summed E-state index contributed by atoms with van der Waals surface area (Å²) in [5.41, 5.74) is 7.62. The van der Waals surface area contributed by atoms with E-state index in [2.05, 4.69) is 10.1 Å². The molecule has 28 heavy (non-hydrogen) atoms. The Hall–Kier alpha value is -3.10. The summed E-state index contributed by atoms with van der Waals surface area (Å²) in [5, 5.41) is 2.61. The molecular formula is C19H22F3N3O3. The molecule has 0 atom stereocenters. The highest BCUT2D eigenvalue weighted by Crippen LogP contribution is 2.34. The third kappa shape index (κ3) is 4.79. The molecule has 2 rings (SSSR count). The van der Waals surface area contributed by atoms with E-state index in [-0.39, 0.29) is 17.9 Å². The summed E-state index contributed by atoms with van der Waals surface area (Å²) >= 11 is 0. The summed E-state index contributed by atoms with van der Waals surface area (Å²) < 4.78 is 48.0. The van der Waals surface area contributed by atoms with Crippen LogP contribution in [0.4, 0.5) is 24.5 Å². The average Bonchev–Trinajstić information content (AvgIpc) is 2.65. The summed E-state index contributed by atoms with van der Waals surface area (Å²) in [6.07, 6.45) is 0. The van der Waals surface area contributed by atoms with Crippen LogP contribution in [-0.2, 0) is 6.54 Å². The SMILES string of the molecule is CCN(C)c1c(N)ccc(OC)c1CNC(=O)c1ccc(OC(F)F)cc1F. The summed E-state index contributed by atoms with van der Waals surface area (Å²) in [6, 6.07) is 6.30. The highest BCUT2D eigenvalue weighted by atomic mass is 19.3. The van der Waals surface area contributed by atoms with Gasteiger partial charge in [0.05, 0.1) is 24.0 Å². The highest BCUT2D eigenvalue weighted by Gasteiger charge is 2.19. The van der Waals surface area contributed by atoms with Gasteiger partial charge in [-0.3, -0.25) is 4.79 Å². The molecule has 0 aliphatic carbocycles. The van der Waals surface area contributed by atoms with E-state index in [9.17, 15) is 18.0 Å². The Morgan fingerprint density at radius 2 is 2.00 bits per heavy atom. The monoisotopic (exact) mass is 397 g/mol. The van der Waals surface area contributed by atoms with Crippen LogP contribution in [0.5, 0.6) is 11.5 Å². The molecule has 0 aliphatic rings. The van der Waals surface area contributed by atoms with E-state index in [0.717, 1.165) is 18.2 Å². The minimum Gasteiger partial charge on any atom is -0.496 e. The van der Waals surface area contributed by atoms with Gasteiger partial charge in [-0.15, -0.1) is 0 Å². The number of nitrogens with zero attached hydrogens (tertiary/aromatic N) is 1. The zero-order valence-electron chi connectivity index (χ0n) is 15.8. The molecule has 2 aromatic carbocycles. The number of alkyl halides is 2. The predicted octanol–water partition coefficient (Wildman–Crippen LogP) is 3.40. The van der Waals surface area contributed by atoms with Gasteiger partial charge in [0.25, 0.3) is 5.91 Å². The second kappa shape index (κ2) is 9.20. The second-order valence-corrected chi connectivity index (χ2v) is 5.90. The maximum absolute atomic E-state index is 14.1. The summed E-state index contributed by atoms with van der Waals surface area (Å²) in [4.78, 5) is 14.3. The van der Waals surface area contributed by atoms with Crippen LogP contribution in [0.25, 0.3) is 0 Å². The molecule has 0 heterocycles. The van der Waals surface area contributed by atoms with Gasteiger partial charge in [-0.1, -0.05) is 0 Å². The van der Waals surface area contributed by atoms with Crippen molar-refractivity contribution in [1.82, 2.24) is 5.32 Å². The molecule has 0 aliphatic heterocycles. The van der Waals surface area contributed by atoms with Gasteiger partial charge in [-0.05, 0) is 31.2 Å². The number of benzene rings is 2. The van der Waals surface area contributed by atoms with Gasteiger partial charge in [-0.2, -0.15) is 8.78 Å².